The summed E-state index contributed by atoms with van der Waals surface area (Å²) in [5, 5.41) is 0.129. The highest BCUT2D eigenvalue weighted by Gasteiger charge is 2.65. The molecule has 1 fully saturated rings. The van der Waals surface area contributed by atoms with Gasteiger partial charge in [-0.25, -0.2) is 4.99 Å². The molecular formula is C36H42N2O2Si. The highest BCUT2D eigenvalue weighted by Crippen LogP contribution is 2.63. The van der Waals surface area contributed by atoms with Crippen molar-refractivity contribution in [3.63, 3.8) is 0 Å². The minimum atomic E-state index is -2.03. The Morgan fingerprint density at radius 2 is 1.61 bits per heavy atom. The predicted octanol–water partition coefficient (Wildman–Crippen LogP) is 7.69. The van der Waals surface area contributed by atoms with E-state index in [9.17, 15) is 0 Å². The third-order valence-corrected chi connectivity index (χ3v) is 15.2. The van der Waals surface area contributed by atoms with E-state index in [4.69, 9.17) is 14.2 Å². The average molecular weight is 563 g/mol. The zero-order valence-electron chi connectivity index (χ0n) is 25.2. The molecule has 4 aliphatic rings. The van der Waals surface area contributed by atoms with Crippen LogP contribution in [0.25, 0.3) is 0 Å². The zero-order valence-corrected chi connectivity index (χ0v) is 26.2. The van der Waals surface area contributed by atoms with E-state index >= 15 is 0 Å². The Hall–Kier alpha value is -2.99. The lowest BCUT2D eigenvalue weighted by Gasteiger charge is -2.57. The predicted molar refractivity (Wildman–Crippen MR) is 170 cm³/mol. The van der Waals surface area contributed by atoms with Crippen LogP contribution in [0, 0.1) is 5.92 Å². The lowest BCUT2D eigenvalue weighted by atomic mass is 9.53. The summed E-state index contributed by atoms with van der Waals surface area (Å²) in [5.74, 6) is 1.40. The maximum absolute atomic E-state index is 7.21. The Kier molecular flexibility index (Phi) is 6.24. The summed E-state index contributed by atoms with van der Waals surface area (Å²) in [4.78, 5) is 7.98. The van der Waals surface area contributed by atoms with Crippen LogP contribution in [0.15, 0.2) is 89.9 Å². The first-order valence-electron chi connectivity index (χ1n) is 15.2. The van der Waals surface area contributed by atoms with Crippen molar-refractivity contribution in [2.24, 2.45) is 10.9 Å². The van der Waals surface area contributed by atoms with Crippen LogP contribution in [0.1, 0.15) is 49.4 Å². The summed E-state index contributed by atoms with van der Waals surface area (Å²) >= 11 is 0. The molecule has 0 amide bonds. The molecule has 5 atom stereocenters. The Bertz CT molecular complexity index is 1480. The number of likely N-dealkylation sites (N-methyl/N-ethyl adjacent to an activating group) is 1. The summed E-state index contributed by atoms with van der Waals surface area (Å²) in [7, 11) is 0.268. The van der Waals surface area contributed by atoms with Crippen molar-refractivity contribution in [1.29, 1.82) is 0 Å². The Labute approximate surface area is 246 Å². The molecule has 212 valence electrons. The first-order chi connectivity index (χ1) is 19.6. The minimum Gasteiger partial charge on any atom is -0.484 e. The zero-order chi connectivity index (χ0) is 28.6. The van der Waals surface area contributed by atoms with E-state index < -0.39 is 8.32 Å². The Morgan fingerprint density at radius 1 is 0.951 bits per heavy atom. The standard InChI is InChI=1S/C36H42N2O2Si/c1-35(2,3)41(5,6)40-30-20-18-27-29-23-26-17-19-28(33-31(26)36(27,34(30)39-33)21-22-38(29)4)37-32(24-13-9-7-10-14-24)25-15-11-8-12-16-25/h7-20,27,29-30,34H,21-23H2,1-6H3/t27-,29+,30-,34-,36-/m0/s1. The summed E-state index contributed by atoms with van der Waals surface area (Å²) in [6.45, 7) is 12.8. The summed E-state index contributed by atoms with van der Waals surface area (Å²) < 4.78 is 14.4. The van der Waals surface area contributed by atoms with Gasteiger partial charge in [-0.2, -0.15) is 0 Å². The van der Waals surface area contributed by atoms with Crippen molar-refractivity contribution < 1.29 is 9.16 Å². The second-order valence-electron chi connectivity index (χ2n) is 14.0. The van der Waals surface area contributed by atoms with Crippen molar-refractivity contribution in [2.75, 3.05) is 13.6 Å². The molecule has 2 aliphatic heterocycles. The van der Waals surface area contributed by atoms with Crippen LogP contribution in [0.5, 0.6) is 5.75 Å². The SMILES string of the molecule is CN1CC[C@]23c4c5ccc(N=C(c6ccccc6)c6ccccc6)c4O[C@H]2[C@@H](O[Si](C)(C)C(C)(C)C)C=C[C@H]3[C@H]1C5. The quantitative estimate of drug-likeness (QED) is 0.182. The molecule has 1 spiro atoms. The summed E-state index contributed by atoms with van der Waals surface area (Å²) in [6, 6.07) is 26.1. The molecule has 2 bridgehead atoms. The van der Waals surface area contributed by atoms with Gasteiger partial charge in [0.05, 0.1) is 5.71 Å². The van der Waals surface area contributed by atoms with Gasteiger partial charge in [-0.1, -0.05) is 99.7 Å². The molecule has 0 saturated carbocycles. The molecule has 2 aliphatic carbocycles. The molecule has 3 aromatic rings. The van der Waals surface area contributed by atoms with E-state index in [0.717, 1.165) is 47.7 Å². The van der Waals surface area contributed by atoms with Crippen LogP contribution >= 0.6 is 0 Å². The normalized spacial score (nSPS) is 28.1. The maximum Gasteiger partial charge on any atom is 0.193 e. The third-order valence-electron chi connectivity index (χ3n) is 10.7. The smallest absolute Gasteiger partial charge is 0.193 e. The van der Waals surface area contributed by atoms with Crippen LogP contribution in [0.3, 0.4) is 0 Å². The van der Waals surface area contributed by atoms with E-state index in [0.29, 0.717) is 12.0 Å². The summed E-state index contributed by atoms with van der Waals surface area (Å²) in [5.41, 5.74) is 6.87. The average Bonchev–Trinajstić information content (AvgIpc) is 3.31. The fourth-order valence-corrected chi connectivity index (χ4v) is 8.77. The van der Waals surface area contributed by atoms with Gasteiger partial charge in [-0.15, -0.1) is 0 Å². The second-order valence-corrected chi connectivity index (χ2v) is 18.7. The van der Waals surface area contributed by atoms with Gasteiger partial charge in [-0.3, -0.25) is 0 Å². The molecule has 0 unspecified atom stereocenters. The number of hydrogen-bond acceptors (Lipinski definition) is 4. The van der Waals surface area contributed by atoms with Crippen LogP contribution < -0.4 is 4.74 Å². The molecule has 41 heavy (non-hydrogen) atoms. The number of hydrogen-bond donors (Lipinski definition) is 0. The van der Waals surface area contributed by atoms with Gasteiger partial charge in [0.15, 0.2) is 8.32 Å². The Balaban J connectivity index is 1.40. The lowest BCUT2D eigenvalue weighted by molar-refractivity contribution is -0.0411. The Morgan fingerprint density at radius 3 is 2.24 bits per heavy atom. The number of aliphatic imine (C=N–C) groups is 1. The third kappa shape index (κ3) is 4.11. The highest BCUT2D eigenvalue weighted by atomic mass is 28.4. The molecule has 7 rings (SSSR count). The number of rotatable bonds is 5. The van der Waals surface area contributed by atoms with Crippen molar-refractivity contribution in [1.82, 2.24) is 4.90 Å². The fourth-order valence-electron chi connectivity index (χ4n) is 7.53. The van der Waals surface area contributed by atoms with Gasteiger partial charge in [0, 0.05) is 34.1 Å². The van der Waals surface area contributed by atoms with Crippen molar-refractivity contribution in [3.8, 4) is 5.75 Å². The molecule has 0 radical (unpaired) electrons. The number of piperidine rings is 1. The first kappa shape index (κ1) is 26.9. The monoisotopic (exact) mass is 562 g/mol. The minimum absolute atomic E-state index is 0.0369. The number of ether oxygens (including phenoxy) is 1. The van der Waals surface area contributed by atoms with Crippen LogP contribution in [-0.4, -0.2) is 50.8 Å². The van der Waals surface area contributed by atoms with Crippen molar-refractivity contribution in [2.45, 2.75) is 75.4 Å². The van der Waals surface area contributed by atoms with Gasteiger partial charge in [-0.05, 0) is 56.2 Å². The van der Waals surface area contributed by atoms with Crippen LogP contribution in [-0.2, 0) is 16.3 Å². The number of benzene rings is 3. The molecule has 3 aromatic carbocycles. The number of likely N-dealkylation sites (tertiary alicyclic amines) is 1. The first-order valence-corrected chi connectivity index (χ1v) is 18.1. The molecule has 2 heterocycles. The van der Waals surface area contributed by atoms with Crippen LogP contribution in [0.2, 0.25) is 18.1 Å². The van der Waals surface area contributed by atoms with E-state index in [-0.39, 0.29) is 22.7 Å². The van der Waals surface area contributed by atoms with E-state index in [2.05, 4.69) is 131 Å². The second kappa shape index (κ2) is 9.52. The van der Waals surface area contributed by atoms with Crippen molar-refractivity contribution >= 4 is 19.7 Å². The summed E-state index contributed by atoms with van der Waals surface area (Å²) in [6.07, 6.45) is 6.87. The van der Waals surface area contributed by atoms with E-state index in [1.54, 1.807) is 0 Å². The van der Waals surface area contributed by atoms with Crippen molar-refractivity contribution in [3.05, 3.63) is 107 Å². The molecular weight excluding hydrogens is 520 g/mol. The highest BCUT2D eigenvalue weighted by molar-refractivity contribution is 6.74. The van der Waals surface area contributed by atoms with Gasteiger partial charge < -0.3 is 14.1 Å². The lowest BCUT2D eigenvalue weighted by Crippen LogP contribution is -2.66. The van der Waals surface area contributed by atoms with Gasteiger partial charge in [0.2, 0.25) is 0 Å². The van der Waals surface area contributed by atoms with E-state index in [1.807, 2.05) is 0 Å². The van der Waals surface area contributed by atoms with Gasteiger partial charge in [0.25, 0.3) is 0 Å². The van der Waals surface area contributed by atoms with Crippen LogP contribution in [0.4, 0.5) is 5.69 Å². The topological polar surface area (TPSA) is 34.1 Å². The van der Waals surface area contributed by atoms with E-state index in [1.165, 1.54) is 11.1 Å². The molecule has 1 saturated heterocycles. The molecule has 4 nitrogen and oxygen atoms in total. The maximum atomic E-state index is 7.21. The molecule has 0 N–H and O–H groups in total. The largest absolute Gasteiger partial charge is 0.484 e. The number of nitrogens with zero attached hydrogens (tertiary/aromatic N) is 2. The molecule has 5 heteroatoms. The van der Waals surface area contributed by atoms with Gasteiger partial charge in [0.1, 0.15) is 23.6 Å². The van der Waals surface area contributed by atoms with Gasteiger partial charge >= 0.3 is 0 Å². The fraction of sp³-hybridized carbons (Fsp3) is 0.417. The molecule has 0 aromatic heterocycles.